The number of carbonyl (C=O) groups excluding carboxylic acids is 1. The maximum absolute atomic E-state index is 14.7. The number of nitrogens with one attached hydrogen (secondary N) is 1. The number of aromatic nitrogens is 2. The lowest BCUT2D eigenvalue weighted by Crippen LogP contribution is -2.49. The van der Waals surface area contributed by atoms with E-state index in [-0.39, 0.29) is 24.0 Å². The molecule has 9 heteroatoms. The number of rotatable bonds is 8. The Morgan fingerprint density at radius 2 is 2.11 bits per heavy atom. The van der Waals surface area contributed by atoms with Gasteiger partial charge in [0.15, 0.2) is 0 Å². The molecule has 5 rings (SSSR count). The van der Waals surface area contributed by atoms with Crippen LogP contribution in [0.5, 0.6) is 5.88 Å². The van der Waals surface area contributed by atoms with Gasteiger partial charge in [-0.1, -0.05) is 6.07 Å². The Morgan fingerprint density at radius 3 is 2.94 bits per heavy atom. The van der Waals surface area contributed by atoms with Crippen LogP contribution in [0.15, 0.2) is 59.3 Å². The van der Waals surface area contributed by atoms with Gasteiger partial charge in [-0.05, 0) is 41.8 Å². The first-order valence-corrected chi connectivity index (χ1v) is 12.8. The molecule has 1 saturated heterocycles. The molecule has 0 aliphatic carbocycles. The summed E-state index contributed by atoms with van der Waals surface area (Å²) in [7, 11) is 1.51. The summed E-state index contributed by atoms with van der Waals surface area (Å²) in [5, 5.41) is 8.28. The number of hydrogen-bond acceptors (Lipinski definition) is 7. The highest BCUT2D eigenvalue weighted by Gasteiger charge is 2.25. The third kappa shape index (κ3) is 5.53. The van der Waals surface area contributed by atoms with Crippen molar-refractivity contribution in [3.05, 3.63) is 76.4 Å². The van der Waals surface area contributed by atoms with E-state index in [0.717, 1.165) is 22.3 Å². The molecule has 1 amide bonds. The van der Waals surface area contributed by atoms with Crippen molar-refractivity contribution in [2.24, 2.45) is 0 Å². The van der Waals surface area contributed by atoms with Crippen molar-refractivity contribution in [1.82, 2.24) is 20.2 Å². The van der Waals surface area contributed by atoms with Crippen LogP contribution in [0.1, 0.15) is 11.3 Å². The minimum atomic E-state index is -0.444. The lowest BCUT2D eigenvalue weighted by atomic mass is 10.0. The van der Waals surface area contributed by atoms with Crippen LogP contribution in [0.25, 0.3) is 22.2 Å². The van der Waals surface area contributed by atoms with E-state index in [0.29, 0.717) is 44.2 Å². The van der Waals surface area contributed by atoms with Crippen molar-refractivity contribution >= 4 is 28.1 Å². The van der Waals surface area contributed by atoms with E-state index in [4.69, 9.17) is 14.5 Å². The lowest BCUT2D eigenvalue weighted by Gasteiger charge is -2.33. The van der Waals surface area contributed by atoms with E-state index < -0.39 is 5.82 Å². The molecular weight excluding hydrogens is 479 g/mol. The summed E-state index contributed by atoms with van der Waals surface area (Å²) in [6.45, 7) is 2.53. The fraction of sp³-hybridized carbons (Fsp3) is 0.296. The molecule has 0 bridgehead atoms. The molecule has 1 aromatic carbocycles. The number of hydrogen-bond donors (Lipinski definition) is 1. The highest BCUT2D eigenvalue weighted by Crippen LogP contribution is 2.24. The maximum Gasteiger partial charge on any atom is 0.227 e. The molecule has 1 aliphatic rings. The second-order valence-electron chi connectivity index (χ2n) is 8.62. The van der Waals surface area contributed by atoms with Gasteiger partial charge in [-0.25, -0.2) is 9.37 Å². The number of ether oxygens (including phenoxy) is 2. The fourth-order valence-corrected chi connectivity index (χ4v) is 4.98. The quantitative estimate of drug-likeness (QED) is 0.388. The SMILES string of the molecule is COc1ccc2ccc(F)c(CC(=O)N3CCOC(CNCc4cccc(-c5ccsc5)n4)C3)c2n1. The molecule has 1 atom stereocenters. The van der Waals surface area contributed by atoms with E-state index in [2.05, 4.69) is 21.7 Å². The summed E-state index contributed by atoms with van der Waals surface area (Å²) in [5.74, 6) is -0.209. The van der Waals surface area contributed by atoms with Gasteiger partial charge in [0, 0.05) is 54.1 Å². The van der Waals surface area contributed by atoms with Crippen molar-refractivity contribution in [3.63, 3.8) is 0 Å². The van der Waals surface area contributed by atoms with Crippen LogP contribution in [0, 0.1) is 5.82 Å². The Morgan fingerprint density at radius 1 is 1.22 bits per heavy atom. The molecule has 0 saturated carbocycles. The normalized spacial score (nSPS) is 15.8. The molecule has 1 N–H and O–H groups in total. The minimum Gasteiger partial charge on any atom is -0.481 e. The summed E-state index contributed by atoms with van der Waals surface area (Å²) in [6, 6.07) is 14.6. The predicted molar refractivity (Wildman–Crippen MR) is 138 cm³/mol. The molecule has 4 heterocycles. The molecular formula is C27H27FN4O3S. The zero-order chi connectivity index (χ0) is 24.9. The molecule has 186 valence electrons. The number of thiophene rings is 1. The van der Waals surface area contributed by atoms with Crippen LogP contribution in [-0.4, -0.2) is 60.2 Å². The van der Waals surface area contributed by atoms with E-state index >= 15 is 0 Å². The van der Waals surface area contributed by atoms with E-state index in [1.54, 1.807) is 28.4 Å². The number of amides is 1. The van der Waals surface area contributed by atoms with Crippen molar-refractivity contribution in [3.8, 4) is 17.1 Å². The Labute approximate surface area is 212 Å². The van der Waals surface area contributed by atoms with Gasteiger partial charge < -0.3 is 19.7 Å². The zero-order valence-corrected chi connectivity index (χ0v) is 20.8. The molecule has 1 aliphatic heterocycles. The number of carbonyl (C=O) groups is 1. The second kappa shape index (κ2) is 11.1. The van der Waals surface area contributed by atoms with E-state index in [1.807, 2.05) is 29.6 Å². The Bertz CT molecular complexity index is 1350. The van der Waals surface area contributed by atoms with Crippen LogP contribution in [0.3, 0.4) is 0 Å². The number of fused-ring (bicyclic) bond motifs is 1. The third-order valence-electron chi connectivity index (χ3n) is 6.21. The molecule has 0 spiro atoms. The summed E-state index contributed by atoms with van der Waals surface area (Å²) < 4.78 is 25.8. The number of halogens is 1. The van der Waals surface area contributed by atoms with Crippen LogP contribution in [0.4, 0.5) is 4.39 Å². The molecule has 7 nitrogen and oxygen atoms in total. The maximum atomic E-state index is 14.7. The van der Waals surface area contributed by atoms with Gasteiger partial charge >= 0.3 is 0 Å². The Hall–Kier alpha value is -3.40. The van der Waals surface area contributed by atoms with Crippen LogP contribution < -0.4 is 10.1 Å². The predicted octanol–water partition coefficient (Wildman–Crippen LogP) is 4.07. The summed E-state index contributed by atoms with van der Waals surface area (Å²) >= 11 is 1.65. The van der Waals surface area contributed by atoms with Crippen LogP contribution in [0.2, 0.25) is 0 Å². The minimum absolute atomic E-state index is 0.0667. The van der Waals surface area contributed by atoms with Crippen LogP contribution >= 0.6 is 11.3 Å². The van der Waals surface area contributed by atoms with E-state index in [1.165, 1.54) is 13.2 Å². The lowest BCUT2D eigenvalue weighted by molar-refractivity contribution is -0.137. The molecule has 0 radical (unpaired) electrons. The highest BCUT2D eigenvalue weighted by molar-refractivity contribution is 7.08. The number of methoxy groups -OCH3 is 1. The monoisotopic (exact) mass is 506 g/mol. The molecule has 1 fully saturated rings. The van der Waals surface area contributed by atoms with Crippen molar-refractivity contribution in [2.45, 2.75) is 19.1 Å². The summed E-state index contributed by atoms with van der Waals surface area (Å²) in [6.07, 6.45) is -0.221. The van der Waals surface area contributed by atoms with Gasteiger partial charge in [0.2, 0.25) is 11.8 Å². The highest BCUT2D eigenvalue weighted by atomic mass is 32.1. The first kappa shape index (κ1) is 24.3. The number of morpholine rings is 1. The molecule has 4 aromatic rings. The Kier molecular flexibility index (Phi) is 7.50. The van der Waals surface area contributed by atoms with E-state index in [9.17, 15) is 9.18 Å². The van der Waals surface area contributed by atoms with Crippen molar-refractivity contribution < 1.29 is 18.7 Å². The van der Waals surface area contributed by atoms with Gasteiger partial charge in [0.25, 0.3) is 0 Å². The third-order valence-corrected chi connectivity index (χ3v) is 6.90. The average molecular weight is 507 g/mol. The Balaban J connectivity index is 1.19. The largest absolute Gasteiger partial charge is 0.481 e. The molecule has 1 unspecified atom stereocenters. The van der Waals surface area contributed by atoms with Crippen molar-refractivity contribution in [2.75, 3.05) is 33.4 Å². The van der Waals surface area contributed by atoms with Crippen molar-refractivity contribution in [1.29, 1.82) is 0 Å². The number of nitrogens with zero attached hydrogens (tertiary/aromatic N) is 3. The van der Waals surface area contributed by atoms with Gasteiger partial charge in [-0.3, -0.25) is 9.78 Å². The van der Waals surface area contributed by atoms with Gasteiger partial charge in [-0.15, -0.1) is 0 Å². The average Bonchev–Trinajstić information content (AvgIpc) is 3.46. The second-order valence-corrected chi connectivity index (χ2v) is 9.40. The number of pyridine rings is 2. The first-order chi connectivity index (χ1) is 17.6. The summed E-state index contributed by atoms with van der Waals surface area (Å²) in [5.41, 5.74) is 3.74. The standard InChI is InChI=1S/C27H27FN4O3S/c1-34-25-8-6-18-5-7-23(28)22(27(18)31-25)13-26(33)32-10-11-35-21(16-32)15-29-14-20-3-2-4-24(30-20)19-9-12-36-17-19/h2-9,12,17,21,29H,10-11,13-16H2,1H3. The summed E-state index contributed by atoms with van der Waals surface area (Å²) in [4.78, 5) is 24.0. The van der Waals surface area contributed by atoms with Gasteiger partial charge in [0.05, 0.1) is 43.1 Å². The number of benzene rings is 1. The van der Waals surface area contributed by atoms with Crippen LogP contribution in [-0.2, 0) is 22.5 Å². The fourth-order valence-electron chi connectivity index (χ4n) is 4.33. The smallest absolute Gasteiger partial charge is 0.227 e. The van der Waals surface area contributed by atoms with Gasteiger partial charge in [0.1, 0.15) is 5.82 Å². The van der Waals surface area contributed by atoms with Gasteiger partial charge in [-0.2, -0.15) is 11.3 Å². The zero-order valence-electron chi connectivity index (χ0n) is 19.9. The molecule has 3 aromatic heterocycles. The topological polar surface area (TPSA) is 76.6 Å². The molecule has 36 heavy (non-hydrogen) atoms. The first-order valence-electron chi connectivity index (χ1n) is 11.8.